The van der Waals surface area contributed by atoms with Crippen LogP contribution < -0.4 is 19.7 Å². The molecule has 0 aliphatic carbocycles. The monoisotopic (exact) mass is 380 g/mol. The summed E-state index contributed by atoms with van der Waals surface area (Å²) in [5.41, 5.74) is 3.45. The van der Waals surface area contributed by atoms with Crippen molar-refractivity contribution >= 4 is 23.2 Å². The van der Waals surface area contributed by atoms with Crippen molar-refractivity contribution in [3.63, 3.8) is 0 Å². The Kier molecular flexibility index (Phi) is 4.49. The van der Waals surface area contributed by atoms with E-state index in [4.69, 9.17) is 9.47 Å². The van der Waals surface area contributed by atoms with Crippen molar-refractivity contribution in [1.82, 2.24) is 0 Å². The number of carbonyl (C=O) groups excluding carboxylic acids is 2. The zero-order valence-corrected chi connectivity index (χ0v) is 16.4. The van der Waals surface area contributed by atoms with Crippen molar-refractivity contribution in [2.45, 2.75) is 39.2 Å². The van der Waals surface area contributed by atoms with Gasteiger partial charge in [-0.15, -0.1) is 0 Å². The van der Waals surface area contributed by atoms with Gasteiger partial charge in [-0.2, -0.15) is 0 Å². The molecule has 0 bridgehead atoms. The van der Waals surface area contributed by atoms with Gasteiger partial charge in [0.25, 0.3) is 5.91 Å². The third-order valence-electron chi connectivity index (χ3n) is 5.06. The minimum Gasteiger partial charge on any atom is -0.483 e. The molecule has 6 heteroatoms. The first-order valence-corrected chi connectivity index (χ1v) is 9.47. The van der Waals surface area contributed by atoms with Gasteiger partial charge in [0, 0.05) is 36.8 Å². The number of rotatable bonds is 4. The van der Waals surface area contributed by atoms with Crippen molar-refractivity contribution in [2.75, 3.05) is 23.4 Å². The molecule has 0 unspecified atom stereocenters. The molecule has 0 saturated carbocycles. The standard InChI is InChI=1S/C22H24N2O4/c1-14(25)24-10-9-15-7-8-17(11-18(15)24)23-20(26)13-27-19-6-4-5-16-12-22(2,3)28-21(16)19/h4-8,11H,9-10,12-13H2,1-3H3,(H,23,26). The molecule has 146 valence electrons. The summed E-state index contributed by atoms with van der Waals surface area (Å²) in [4.78, 5) is 25.8. The number of ether oxygens (including phenoxy) is 2. The summed E-state index contributed by atoms with van der Waals surface area (Å²) in [7, 11) is 0. The Morgan fingerprint density at radius 1 is 1.21 bits per heavy atom. The Labute approximate surface area is 164 Å². The molecule has 4 rings (SSSR count). The number of nitrogens with zero attached hydrogens (tertiary/aromatic N) is 1. The first kappa shape index (κ1) is 18.3. The zero-order valence-electron chi connectivity index (χ0n) is 16.4. The molecular weight excluding hydrogens is 356 g/mol. The quantitative estimate of drug-likeness (QED) is 0.884. The van der Waals surface area contributed by atoms with Gasteiger partial charge in [-0.1, -0.05) is 18.2 Å². The van der Waals surface area contributed by atoms with Crippen molar-refractivity contribution in [1.29, 1.82) is 0 Å². The number of nitrogens with one attached hydrogen (secondary N) is 1. The molecule has 2 aromatic carbocycles. The molecule has 0 spiro atoms. The SMILES string of the molecule is CC(=O)N1CCc2ccc(NC(=O)COc3cccc4c3OC(C)(C)C4)cc21. The van der Waals surface area contributed by atoms with Crippen molar-refractivity contribution < 1.29 is 19.1 Å². The molecule has 6 nitrogen and oxygen atoms in total. The van der Waals surface area contributed by atoms with Crippen LogP contribution in [0.1, 0.15) is 31.9 Å². The molecule has 2 heterocycles. The smallest absolute Gasteiger partial charge is 0.262 e. The summed E-state index contributed by atoms with van der Waals surface area (Å²) in [6, 6.07) is 11.4. The second-order valence-electron chi connectivity index (χ2n) is 7.88. The molecule has 0 saturated heterocycles. The van der Waals surface area contributed by atoms with Gasteiger partial charge in [0.1, 0.15) is 5.60 Å². The fraction of sp³-hybridized carbons (Fsp3) is 0.364. The second kappa shape index (κ2) is 6.86. The Hall–Kier alpha value is -3.02. The lowest BCUT2D eigenvalue weighted by atomic mass is 10.0. The van der Waals surface area contributed by atoms with Crippen LogP contribution in [-0.2, 0) is 22.4 Å². The van der Waals surface area contributed by atoms with Gasteiger partial charge in [0.2, 0.25) is 5.91 Å². The van der Waals surface area contributed by atoms with Crippen molar-refractivity contribution in [3.05, 3.63) is 47.5 Å². The summed E-state index contributed by atoms with van der Waals surface area (Å²) in [6.07, 6.45) is 1.65. The minimum atomic E-state index is -0.267. The normalized spacial score (nSPS) is 16.2. The average molecular weight is 380 g/mol. The van der Waals surface area contributed by atoms with Crippen molar-refractivity contribution in [2.24, 2.45) is 0 Å². The van der Waals surface area contributed by atoms with E-state index in [0.29, 0.717) is 18.0 Å². The van der Waals surface area contributed by atoms with Gasteiger partial charge in [-0.3, -0.25) is 9.59 Å². The lowest BCUT2D eigenvalue weighted by molar-refractivity contribution is -0.118. The number of hydrogen-bond acceptors (Lipinski definition) is 4. The molecule has 28 heavy (non-hydrogen) atoms. The van der Waals surface area contributed by atoms with Crippen LogP contribution in [-0.4, -0.2) is 30.6 Å². The molecule has 1 N–H and O–H groups in total. The summed E-state index contributed by atoms with van der Waals surface area (Å²) in [6.45, 7) is 6.17. The van der Waals surface area contributed by atoms with Crippen molar-refractivity contribution in [3.8, 4) is 11.5 Å². The maximum absolute atomic E-state index is 12.4. The highest BCUT2D eigenvalue weighted by atomic mass is 16.5. The molecule has 0 atom stereocenters. The van der Waals surface area contributed by atoms with Crippen LogP contribution in [0.25, 0.3) is 0 Å². The average Bonchev–Trinajstić information content (AvgIpc) is 3.18. The molecule has 0 fully saturated rings. The first-order chi connectivity index (χ1) is 13.3. The summed E-state index contributed by atoms with van der Waals surface area (Å²) >= 11 is 0. The molecule has 2 aliphatic heterocycles. The number of carbonyl (C=O) groups is 2. The fourth-order valence-electron chi connectivity index (χ4n) is 3.83. The van der Waals surface area contributed by atoms with E-state index in [9.17, 15) is 9.59 Å². The van der Waals surface area contributed by atoms with Gasteiger partial charge >= 0.3 is 0 Å². The molecule has 0 aromatic heterocycles. The van der Waals surface area contributed by atoms with E-state index < -0.39 is 0 Å². The number of para-hydroxylation sites is 1. The maximum atomic E-state index is 12.4. The molecule has 2 aromatic rings. The van der Waals surface area contributed by atoms with E-state index in [0.717, 1.165) is 35.4 Å². The highest BCUT2D eigenvalue weighted by Gasteiger charge is 2.32. The Morgan fingerprint density at radius 3 is 2.82 bits per heavy atom. The van der Waals surface area contributed by atoms with E-state index in [1.807, 2.05) is 50.2 Å². The Morgan fingerprint density at radius 2 is 2.04 bits per heavy atom. The number of amides is 2. The summed E-state index contributed by atoms with van der Waals surface area (Å²) < 4.78 is 11.7. The third kappa shape index (κ3) is 3.54. The largest absolute Gasteiger partial charge is 0.483 e. The van der Waals surface area contributed by atoms with Gasteiger partial charge in [-0.05, 0) is 44.0 Å². The van der Waals surface area contributed by atoms with Crippen LogP contribution >= 0.6 is 0 Å². The van der Waals surface area contributed by atoms with E-state index in [-0.39, 0.29) is 24.0 Å². The first-order valence-electron chi connectivity index (χ1n) is 9.47. The second-order valence-corrected chi connectivity index (χ2v) is 7.88. The van der Waals surface area contributed by atoms with E-state index in [2.05, 4.69) is 5.32 Å². The highest BCUT2D eigenvalue weighted by Crippen LogP contribution is 2.41. The molecule has 0 radical (unpaired) electrons. The highest BCUT2D eigenvalue weighted by molar-refractivity contribution is 5.96. The lowest BCUT2D eigenvalue weighted by Crippen LogP contribution is -2.26. The molecule has 2 amide bonds. The summed E-state index contributed by atoms with van der Waals surface area (Å²) in [5, 5.41) is 2.84. The Bertz CT molecular complexity index is 952. The number of fused-ring (bicyclic) bond motifs is 2. The van der Waals surface area contributed by atoms with Crippen LogP contribution in [0.15, 0.2) is 36.4 Å². The van der Waals surface area contributed by atoms with Gasteiger partial charge in [0.05, 0.1) is 0 Å². The van der Waals surface area contributed by atoms with Gasteiger partial charge in [-0.25, -0.2) is 0 Å². The molecule has 2 aliphatic rings. The van der Waals surface area contributed by atoms with Gasteiger partial charge < -0.3 is 19.7 Å². The topological polar surface area (TPSA) is 67.9 Å². The number of hydrogen-bond donors (Lipinski definition) is 1. The third-order valence-corrected chi connectivity index (χ3v) is 5.06. The summed E-state index contributed by atoms with van der Waals surface area (Å²) in [5.74, 6) is 1.04. The van der Waals surface area contributed by atoms with Crippen LogP contribution in [0.4, 0.5) is 11.4 Å². The van der Waals surface area contributed by atoms with E-state index in [1.165, 1.54) is 0 Å². The zero-order chi connectivity index (χ0) is 19.9. The van der Waals surface area contributed by atoms with Crippen LogP contribution in [0, 0.1) is 0 Å². The number of benzene rings is 2. The fourth-order valence-corrected chi connectivity index (χ4v) is 3.83. The predicted octanol–water partition coefficient (Wildman–Crippen LogP) is 3.33. The van der Waals surface area contributed by atoms with Crippen LogP contribution in [0.2, 0.25) is 0 Å². The van der Waals surface area contributed by atoms with Gasteiger partial charge in [0.15, 0.2) is 18.1 Å². The number of anilines is 2. The Balaban J connectivity index is 1.41. The lowest BCUT2D eigenvalue weighted by Gasteiger charge is -2.18. The minimum absolute atomic E-state index is 0.00594. The van der Waals surface area contributed by atoms with E-state index in [1.54, 1.807) is 11.8 Å². The van der Waals surface area contributed by atoms with Crippen LogP contribution in [0.5, 0.6) is 11.5 Å². The van der Waals surface area contributed by atoms with Crippen LogP contribution in [0.3, 0.4) is 0 Å². The molecular formula is C22H24N2O4. The maximum Gasteiger partial charge on any atom is 0.262 e. The van der Waals surface area contributed by atoms with E-state index >= 15 is 0 Å². The predicted molar refractivity (Wildman–Crippen MR) is 107 cm³/mol.